The van der Waals surface area contributed by atoms with Crippen LogP contribution in [0.2, 0.25) is 0 Å². The van der Waals surface area contributed by atoms with Gasteiger partial charge in [0.15, 0.2) is 0 Å². The Labute approximate surface area is 101 Å². The fraction of sp³-hybridized carbons (Fsp3) is 0.500. The van der Waals surface area contributed by atoms with Crippen molar-refractivity contribution in [2.45, 2.75) is 33.0 Å². The van der Waals surface area contributed by atoms with E-state index in [1.54, 1.807) is 0 Å². The number of aryl methyl sites for hydroxylation is 2. The molecule has 2 aromatic heterocycles. The van der Waals surface area contributed by atoms with E-state index in [1.165, 1.54) is 11.3 Å². The predicted molar refractivity (Wildman–Crippen MR) is 66.3 cm³/mol. The first-order valence-corrected chi connectivity index (χ1v) is 5.98. The quantitative estimate of drug-likeness (QED) is 0.818. The van der Waals surface area contributed by atoms with Gasteiger partial charge in [-0.1, -0.05) is 6.92 Å². The summed E-state index contributed by atoms with van der Waals surface area (Å²) in [7, 11) is 1.93. The summed E-state index contributed by atoms with van der Waals surface area (Å²) in [6, 6.07) is 2.06. The molecule has 0 aliphatic heterocycles. The molecule has 0 unspecified atom stereocenters. The highest BCUT2D eigenvalue weighted by Crippen LogP contribution is 2.01. The Bertz CT molecular complexity index is 457. The summed E-state index contributed by atoms with van der Waals surface area (Å²) in [6.45, 7) is 4.82. The van der Waals surface area contributed by atoms with Crippen molar-refractivity contribution in [2.75, 3.05) is 0 Å². The molecule has 0 saturated carbocycles. The zero-order chi connectivity index (χ0) is 12.1. The summed E-state index contributed by atoms with van der Waals surface area (Å²) >= 11 is 0. The topological polar surface area (TPSA) is 47.7 Å². The van der Waals surface area contributed by atoms with E-state index in [-0.39, 0.29) is 0 Å². The SMILES string of the molecule is CCCn1nccc1CNCc1cnn(C)c1. The maximum atomic E-state index is 4.30. The van der Waals surface area contributed by atoms with E-state index < -0.39 is 0 Å². The minimum atomic E-state index is 0.838. The zero-order valence-electron chi connectivity index (χ0n) is 10.4. The molecule has 5 heteroatoms. The van der Waals surface area contributed by atoms with Crippen molar-refractivity contribution >= 4 is 0 Å². The third kappa shape index (κ3) is 3.17. The monoisotopic (exact) mass is 233 g/mol. The van der Waals surface area contributed by atoms with Gasteiger partial charge in [-0.3, -0.25) is 9.36 Å². The van der Waals surface area contributed by atoms with Crippen molar-refractivity contribution in [2.24, 2.45) is 7.05 Å². The molecule has 2 heterocycles. The van der Waals surface area contributed by atoms with Crippen LogP contribution < -0.4 is 5.32 Å². The van der Waals surface area contributed by atoms with Crippen molar-refractivity contribution in [1.82, 2.24) is 24.9 Å². The molecule has 0 amide bonds. The summed E-state index contributed by atoms with van der Waals surface area (Å²) in [5.74, 6) is 0. The summed E-state index contributed by atoms with van der Waals surface area (Å²) < 4.78 is 3.87. The van der Waals surface area contributed by atoms with Crippen LogP contribution in [0.25, 0.3) is 0 Å². The van der Waals surface area contributed by atoms with Crippen molar-refractivity contribution in [1.29, 1.82) is 0 Å². The molecule has 0 saturated heterocycles. The average Bonchev–Trinajstić information content (AvgIpc) is 2.90. The van der Waals surface area contributed by atoms with Gasteiger partial charge >= 0.3 is 0 Å². The second-order valence-corrected chi connectivity index (χ2v) is 4.17. The summed E-state index contributed by atoms with van der Waals surface area (Å²) in [6.07, 6.45) is 6.88. The van der Waals surface area contributed by atoms with Crippen LogP contribution in [0.4, 0.5) is 0 Å². The van der Waals surface area contributed by atoms with Crippen molar-refractivity contribution in [3.8, 4) is 0 Å². The van der Waals surface area contributed by atoms with Crippen molar-refractivity contribution < 1.29 is 0 Å². The van der Waals surface area contributed by atoms with E-state index in [4.69, 9.17) is 0 Å². The molecule has 0 aliphatic rings. The van der Waals surface area contributed by atoms with E-state index >= 15 is 0 Å². The maximum Gasteiger partial charge on any atom is 0.0534 e. The number of nitrogens with one attached hydrogen (secondary N) is 1. The molecule has 0 bridgehead atoms. The second kappa shape index (κ2) is 5.63. The van der Waals surface area contributed by atoms with Gasteiger partial charge in [0.1, 0.15) is 0 Å². The van der Waals surface area contributed by atoms with Gasteiger partial charge in [-0.25, -0.2) is 0 Å². The van der Waals surface area contributed by atoms with Crippen LogP contribution in [-0.2, 0) is 26.7 Å². The highest BCUT2D eigenvalue weighted by atomic mass is 15.3. The Kier molecular flexibility index (Phi) is 3.93. The van der Waals surface area contributed by atoms with E-state index in [0.717, 1.165) is 26.1 Å². The van der Waals surface area contributed by atoms with E-state index in [0.29, 0.717) is 0 Å². The molecule has 2 rings (SSSR count). The van der Waals surface area contributed by atoms with Gasteiger partial charge in [0.25, 0.3) is 0 Å². The van der Waals surface area contributed by atoms with Gasteiger partial charge in [-0.05, 0) is 12.5 Å². The normalized spacial score (nSPS) is 10.9. The number of hydrogen-bond donors (Lipinski definition) is 1. The minimum absolute atomic E-state index is 0.838. The maximum absolute atomic E-state index is 4.30. The molecule has 92 valence electrons. The zero-order valence-corrected chi connectivity index (χ0v) is 10.4. The Hall–Kier alpha value is -1.62. The molecule has 2 aromatic rings. The van der Waals surface area contributed by atoms with Crippen LogP contribution in [0.1, 0.15) is 24.6 Å². The van der Waals surface area contributed by atoms with Gasteiger partial charge in [0.05, 0.1) is 11.9 Å². The molecule has 0 atom stereocenters. The number of aromatic nitrogens is 4. The summed E-state index contributed by atoms with van der Waals surface area (Å²) in [4.78, 5) is 0. The molecular weight excluding hydrogens is 214 g/mol. The highest BCUT2D eigenvalue weighted by Gasteiger charge is 2.01. The number of hydrogen-bond acceptors (Lipinski definition) is 3. The lowest BCUT2D eigenvalue weighted by Gasteiger charge is -2.06. The average molecular weight is 233 g/mol. The lowest BCUT2D eigenvalue weighted by atomic mass is 10.3. The van der Waals surface area contributed by atoms with E-state index in [1.807, 2.05) is 30.3 Å². The van der Waals surface area contributed by atoms with E-state index in [9.17, 15) is 0 Å². The van der Waals surface area contributed by atoms with Gasteiger partial charge in [0, 0.05) is 44.6 Å². The Morgan fingerprint density at radius 2 is 2.18 bits per heavy atom. The summed E-state index contributed by atoms with van der Waals surface area (Å²) in [5.41, 5.74) is 2.43. The largest absolute Gasteiger partial charge is 0.307 e. The summed E-state index contributed by atoms with van der Waals surface area (Å²) in [5, 5.41) is 11.8. The molecule has 5 nitrogen and oxygen atoms in total. The van der Waals surface area contributed by atoms with Crippen LogP contribution in [0.15, 0.2) is 24.7 Å². The standard InChI is InChI=1S/C12H19N5/c1-3-6-17-12(4-5-14-17)9-13-7-11-8-15-16(2)10-11/h4-5,8,10,13H,3,6-7,9H2,1-2H3. The Morgan fingerprint density at radius 1 is 1.29 bits per heavy atom. The van der Waals surface area contributed by atoms with Gasteiger partial charge < -0.3 is 5.32 Å². The van der Waals surface area contributed by atoms with Crippen molar-refractivity contribution in [3.63, 3.8) is 0 Å². The lowest BCUT2D eigenvalue weighted by Crippen LogP contribution is -2.16. The van der Waals surface area contributed by atoms with Crippen LogP contribution in [-0.4, -0.2) is 19.6 Å². The number of nitrogens with zero attached hydrogens (tertiary/aromatic N) is 4. The smallest absolute Gasteiger partial charge is 0.0534 e. The van der Waals surface area contributed by atoms with Gasteiger partial charge in [0.2, 0.25) is 0 Å². The molecule has 17 heavy (non-hydrogen) atoms. The Morgan fingerprint density at radius 3 is 2.88 bits per heavy atom. The van der Waals surface area contributed by atoms with Crippen molar-refractivity contribution in [3.05, 3.63) is 35.9 Å². The highest BCUT2D eigenvalue weighted by molar-refractivity contribution is 5.04. The van der Waals surface area contributed by atoms with Gasteiger partial charge in [-0.2, -0.15) is 10.2 Å². The van der Waals surface area contributed by atoms with E-state index in [2.05, 4.69) is 33.2 Å². The molecule has 0 aliphatic carbocycles. The molecule has 0 spiro atoms. The van der Waals surface area contributed by atoms with Crippen LogP contribution in [0.5, 0.6) is 0 Å². The Balaban J connectivity index is 1.83. The van der Waals surface area contributed by atoms with Gasteiger partial charge in [-0.15, -0.1) is 0 Å². The van der Waals surface area contributed by atoms with Crippen LogP contribution in [0, 0.1) is 0 Å². The first kappa shape index (κ1) is 11.9. The first-order chi connectivity index (χ1) is 8.29. The first-order valence-electron chi connectivity index (χ1n) is 5.98. The third-order valence-electron chi connectivity index (χ3n) is 2.63. The fourth-order valence-electron chi connectivity index (χ4n) is 1.82. The fourth-order valence-corrected chi connectivity index (χ4v) is 1.82. The molecule has 0 fully saturated rings. The van der Waals surface area contributed by atoms with Crippen LogP contribution in [0.3, 0.4) is 0 Å². The minimum Gasteiger partial charge on any atom is -0.307 e. The second-order valence-electron chi connectivity index (χ2n) is 4.17. The molecule has 1 N–H and O–H groups in total. The predicted octanol–water partition coefficient (Wildman–Crippen LogP) is 1.32. The lowest BCUT2D eigenvalue weighted by molar-refractivity contribution is 0.549. The molecule has 0 radical (unpaired) electrons. The number of rotatable bonds is 6. The van der Waals surface area contributed by atoms with Crippen LogP contribution >= 0.6 is 0 Å². The molecular formula is C12H19N5. The molecule has 0 aromatic carbocycles. The third-order valence-corrected chi connectivity index (χ3v) is 2.63.